The molecule has 0 saturated carbocycles. The molecule has 0 saturated heterocycles. The van der Waals surface area contributed by atoms with E-state index in [0.717, 1.165) is 13.2 Å². The standard InChI is InChI=1S/C6H13NO5S/c1-4(8)6(2,5(9)10)7-13(3,11)12/h4,7-8H,1-3H3,(H,9,10). The van der Waals surface area contributed by atoms with E-state index in [0.29, 0.717) is 0 Å². The van der Waals surface area contributed by atoms with Gasteiger partial charge in [0.2, 0.25) is 10.0 Å². The molecule has 7 heteroatoms. The summed E-state index contributed by atoms with van der Waals surface area (Å²) in [5, 5.41) is 17.8. The van der Waals surface area contributed by atoms with E-state index >= 15 is 0 Å². The molecule has 2 atom stereocenters. The van der Waals surface area contributed by atoms with Gasteiger partial charge in [-0.05, 0) is 13.8 Å². The normalized spacial score (nSPS) is 19.1. The number of carbonyl (C=O) groups is 1. The summed E-state index contributed by atoms with van der Waals surface area (Å²) in [5.74, 6) is -1.42. The molecule has 0 amide bonds. The highest BCUT2D eigenvalue weighted by Gasteiger charge is 2.40. The van der Waals surface area contributed by atoms with Crippen molar-refractivity contribution in [1.82, 2.24) is 4.72 Å². The van der Waals surface area contributed by atoms with Crippen LogP contribution in [0.2, 0.25) is 0 Å². The van der Waals surface area contributed by atoms with Crippen LogP contribution in [0.1, 0.15) is 13.8 Å². The second-order valence-electron chi connectivity index (χ2n) is 3.06. The van der Waals surface area contributed by atoms with Crippen molar-refractivity contribution < 1.29 is 23.4 Å². The maximum Gasteiger partial charge on any atom is 0.327 e. The zero-order valence-corrected chi connectivity index (χ0v) is 8.42. The smallest absolute Gasteiger partial charge is 0.327 e. The van der Waals surface area contributed by atoms with Gasteiger partial charge >= 0.3 is 5.97 Å². The molecule has 78 valence electrons. The predicted molar refractivity (Wildman–Crippen MR) is 45.7 cm³/mol. The number of sulfonamides is 1. The third-order valence-electron chi connectivity index (χ3n) is 1.68. The first kappa shape index (κ1) is 12.3. The zero-order valence-electron chi connectivity index (χ0n) is 7.60. The van der Waals surface area contributed by atoms with Crippen LogP contribution in [0.5, 0.6) is 0 Å². The fourth-order valence-electron chi connectivity index (χ4n) is 0.693. The van der Waals surface area contributed by atoms with Crippen LogP contribution in [-0.2, 0) is 14.8 Å². The summed E-state index contributed by atoms with van der Waals surface area (Å²) in [7, 11) is -3.66. The predicted octanol–water partition coefficient (Wildman–Crippen LogP) is -1.24. The van der Waals surface area contributed by atoms with Crippen molar-refractivity contribution in [1.29, 1.82) is 0 Å². The first-order chi connectivity index (χ1) is 5.59. The molecule has 0 aromatic rings. The van der Waals surface area contributed by atoms with E-state index in [1.165, 1.54) is 6.92 Å². The molecule has 0 bridgehead atoms. The Kier molecular flexibility index (Phi) is 3.42. The van der Waals surface area contributed by atoms with Crippen molar-refractivity contribution >= 4 is 16.0 Å². The molecule has 6 nitrogen and oxygen atoms in total. The highest BCUT2D eigenvalue weighted by molar-refractivity contribution is 7.88. The van der Waals surface area contributed by atoms with Gasteiger partial charge in [0.1, 0.15) is 0 Å². The number of rotatable bonds is 4. The number of carboxylic acids is 1. The van der Waals surface area contributed by atoms with Gasteiger partial charge in [0.05, 0.1) is 12.4 Å². The summed E-state index contributed by atoms with van der Waals surface area (Å²) in [5.41, 5.74) is -1.88. The SMILES string of the molecule is CC(O)C(C)(NS(C)(=O)=O)C(=O)O. The molecule has 3 N–H and O–H groups in total. The average molecular weight is 211 g/mol. The molecule has 0 spiro atoms. The molecule has 0 fully saturated rings. The van der Waals surface area contributed by atoms with Crippen LogP contribution in [0.25, 0.3) is 0 Å². The van der Waals surface area contributed by atoms with E-state index in [1.807, 2.05) is 4.72 Å². The van der Waals surface area contributed by atoms with Crippen molar-refractivity contribution in [3.05, 3.63) is 0 Å². The Hall–Kier alpha value is -0.660. The summed E-state index contributed by atoms with van der Waals surface area (Å²) in [6, 6.07) is 0. The maximum absolute atomic E-state index is 10.8. The van der Waals surface area contributed by atoms with Gasteiger partial charge in [0.25, 0.3) is 0 Å². The van der Waals surface area contributed by atoms with Crippen LogP contribution in [0, 0.1) is 0 Å². The van der Waals surface area contributed by atoms with Crippen molar-refractivity contribution in [2.45, 2.75) is 25.5 Å². The summed E-state index contributed by atoms with van der Waals surface area (Å²) >= 11 is 0. The second-order valence-corrected chi connectivity index (χ2v) is 4.81. The lowest BCUT2D eigenvalue weighted by Gasteiger charge is -2.27. The average Bonchev–Trinajstić information content (AvgIpc) is 1.82. The monoisotopic (exact) mass is 211 g/mol. The topological polar surface area (TPSA) is 104 Å². The number of aliphatic carboxylic acids is 1. The molecule has 0 aliphatic carbocycles. The van der Waals surface area contributed by atoms with Gasteiger partial charge in [0.15, 0.2) is 5.54 Å². The Morgan fingerprint density at radius 2 is 1.92 bits per heavy atom. The van der Waals surface area contributed by atoms with Crippen LogP contribution in [0.15, 0.2) is 0 Å². The molecule has 0 aliphatic heterocycles. The molecule has 0 aliphatic rings. The number of nitrogens with one attached hydrogen (secondary N) is 1. The maximum atomic E-state index is 10.8. The first-order valence-corrected chi connectivity index (χ1v) is 5.39. The van der Waals surface area contributed by atoms with Crippen molar-refractivity contribution in [2.75, 3.05) is 6.26 Å². The summed E-state index contributed by atoms with van der Waals surface area (Å²) in [4.78, 5) is 10.7. The Bertz CT molecular complexity index is 296. The molecule has 0 aromatic carbocycles. The Balaban J connectivity index is 4.95. The van der Waals surface area contributed by atoms with Crippen molar-refractivity contribution in [3.8, 4) is 0 Å². The van der Waals surface area contributed by atoms with Crippen LogP contribution in [-0.4, -0.2) is 42.5 Å². The van der Waals surface area contributed by atoms with E-state index in [1.54, 1.807) is 0 Å². The van der Waals surface area contributed by atoms with Crippen LogP contribution in [0.3, 0.4) is 0 Å². The minimum atomic E-state index is -3.66. The minimum Gasteiger partial charge on any atom is -0.480 e. The van der Waals surface area contributed by atoms with E-state index in [-0.39, 0.29) is 0 Å². The third kappa shape index (κ3) is 3.29. The fraction of sp³-hybridized carbons (Fsp3) is 0.833. The van der Waals surface area contributed by atoms with E-state index in [2.05, 4.69) is 0 Å². The van der Waals surface area contributed by atoms with Gasteiger partial charge in [-0.2, -0.15) is 4.72 Å². The summed E-state index contributed by atoms with van der Waals surface area (Å²) in [6.45, 7) is 2.30. The molecule has 0 heterocycles. The Morgan fingerprint density at radius 3 is 2.00 bits per heavy atom. The highest BCUT2D eigenvalue weighted by Crippen LogP contribution is 2.11. The molecule has 0 radical (unpaired) electrons. The van der Waals surface area contributed by atoms with Gasteiger partial charge < -0.3 is 10.2 Å². The van der Waals surface area contributed by atoms with Crippen molar-refractivity contribution in [3.63, 3.8) is 0 Å². The lowest BCUT2D eigenvalue weighted by Crippen LogP contribution is -2.58. The zero-order chi connectivity index (χ0) is 10.9. The highest BCUT2D eigenvalue weighted by atomic mass is 32.2. The van der Waals surface area contributed by atoms with E-state index < -0.39 is 27.6 Å². The van der Waals surface area contributed by atoms with Gasteiger partial charge in [0, 0.05) is 0 Å². The first-order valence-electron chi connectivity index (χ1n) is 3.50. The quantitative estimate of drug-likeness (QED) is 0.539. The van der Waals surface area contributed by atoms with Crippen LogP contribution < -0.4 is 4.72 Å². The number of carboxylic acid groups (broad SMARTS) is 1. The van der Waals surface area contributed by atoms with Gasteiger partial charge in [-0.25, -0.2) is 8.42 Å². The molecule has 2 unspecified atom stereocenters. The summed E-state index contributed by atoms with van der Waals surface area (Å²) < 4.78 is 23.4. The molecule has 0 aromatic heterocycles. The van der Waals surface area contributed by atoms with E-state index in [4.69, 9.17) is 10.2 Å². The summed E-state index contributed by atoms with van der Waals surface area (Å²) in [6.07, 6.45) is -0.490. The number of aliphatic hydroxyl groups is 1. The molecular formula is C6H13NO5S. The number of hydrogen-bond donors (Lipinski definition) is 3. The Labute approximate surface area is 76.6 Å². The molecular weight excluding hydrogens is 198 g/mol. The third-order valence-corrected chi connectivity index (χ3v) is 2.47. The van der Waals surface area contributed by atoms with Crippen LogP contribution >= 0.6 is 0 Å². The minimum absolute atomic E-state index is 0.830. The number of aliphatic hydroxyl groups excluding tert-OH is 1. The van der Waals surface area contributed by atoms with E-state index in [9.17, 15) is 13.2 Å². The molecule has 0 rings (SSSR count). The van der Waals surface area contributed by atoms with Crippen LogP contribution in [0.4, 0.5) is 0 Å². The lowest BCUT2D eigenvalue weighted by molar-refractivity contribution is -0.147. The number of hydrogen-bond acceptors (Lipinski definition) is 4. The van der Waals surface area contributed by atoms with Gasteiger partial charge in [-0.3, -0.25) is 4.79 Å². The fourth-order valence-corrected chi connectivity index (χ4v) is 1.72. The second kappa shape index (κ2) is 3.60. The van der Waals surface area contributed by atoms with Gasteiger partial charge in [-0.15, -0.1) is 0 Å². The Morgan fingerprint density at radius 1 is 1.54 bits per heavy atom. The van der Waals surface area contributed by atoms with Gasteiger partial charge in [-0.1, -0.05) is 0 Å². The lowest BCUT2D eigenvalue weighted by atomic mass is 9.98. The largest absolute Gasteiger partial charge is 0.480 e. The van der Waals surface area contributed by atoms with Crippen molar-refractivity contribution in [2.24, 2.45) is 0 Å². The molecule has 13 heavy (non-hydrogen) atoms.